The summed E-state index contributed by atoms with van der Waals surface area (Å²) < 4.78 is 5.64. The van der Waals surface area contributed by atoms with Crippen LogP contribution in [0.25, 0.3) is 11.0 Å². The van der Waals surface area contributed by atoms with Gasteiger partial charge in [-0.3, -0.25) is 14.6 Å². The van der Waals surface area contributed by atoms with Crippen LogP contribution >= 0.6 is 0 Å². The van der Waals surface area contributed by atoms with Gasteiger partial charge in [-0.15, -0.1) is 0 Å². The fraction of sp³-hybridized carbons (Fsp3) is 0.567. The van der Waals surface area contributed by atoms with Crippen molar-refractivity contribution in [2.45, 2.75) is 33.1 Å². The molecule has 8 heteroatoms. The van der Waals surface area contributed by atoms with Gasteiger partial charge in [0.15, 0.2) is 11.3 Å². The number of carbonyl (C=O) groups excluding carboxylic acids is 2. The highest BCUT2D eigenvalue weighted by Gasteiger charge is 2.55. The third-order valence-electron chi connectivity index (χ3n) is 9.04. The molecule has 3 atom stereocenters. The maximum Gasteiger partial charge on any atom is 0.287 e. The van der Waals surface area contributed by atoms with E-state index in [1.165, 1.54) is 5.70 Å². The number of carbonyl (C=O) groups is 2. The van der Waals surface area contributed by atoms with Crippen molar-refractivity contribution in [3.8, 4) is 0 Å². The number of furan rings is 1. The van der Waals surface area contributed by atoms with Crippen LogP contribution in [0.3, 0.4) is 0 Å². The molecule has 1 saturated carbocycles. The van der Waals surface area contributed by atoms with Gasteiger partial charge in [-0.05, 0) is 68.3 Å². The number of pyridine rings is 1. The fourth-order valence-corrected chi connectivity index (χ4v) is 5.99. The zero-order chi connectivity index (χ0) is 26.9. The van der Waals surface area contributed by atoms with Crippen molar-refractivity contribution in [2.24, 2.45) is 23.2 Å². The maximum absolute atomic E-state index is 13.4. The SMILES string of the molecule is CCN(C)CCN(C)C1=CC(C)C(C(=O)N2CCC3(CC2)CC3CNC(=O)c2cc3ccncc3o2)C=C1. The Labute approximate surface area is 225 Å². The first-order valence-electron chi connectivity index (χ1n) is 14.0. The topological polar surface area (TPSA) is 81.9 Å². The Bertz CT molecular complexity index is 1190. The van der Waals surface area contributed by atoms with Crippen LogP contribution in [0.15, 0.2) is 52.9 Å². The van der Waals surface area contributed by atoms with E-state index in [0.29, 0.717) is 23.8 Å². The maximum atomic E-state index is 13.4. The molecule has 2 aliphatic carbocycles. The molecule has 2 aromatic heterocycles. The fourth-order valence-electron chi connectivity index (χ4n) is 5.99. The molecule has 0 bridgehead atoms. The first kappa shape index (κ1) is 26.5. The van der Waals surface area contributed by atoms with E-state index < -0.39 is 0 Å². The predicted octanol–water partition coefficient (Wildman–Crippen LogP) is 3.78. The van der Waals surface area contributed by atoms with Crippen molar-refractivity contribution < 1.29 is 14.0 Å². The summed E-state index contributed by atoms with van der Waals surface area (Å²) in [6, 6.07) is 3.60. The lowest BCUT2D eigenvalue weighted by molar-refractivity contribution is -0.136. The van der Waals surface area contributed by atoms with Gasteiger partial charge in [0.25, 0.3) is 5.91 Å². The highest BCUT2D eigenvalue weighted by molar-refractivity contribution is 5.95. The number of nitrogens with zero attached hydrogens (tertiary/aromatic N) is 4. The van der Waals surface area contributed by atoms with Crippen LogP contribution < -0.4 is 5.32 Å². The highest BCUT2D eigenvalue weighted by Crippen LogP contribution is 2.59. The number of allylic oxidation sites excluding steroid dienone is 2. The molecule has 1 spiro atoms. The van der Waals surface area contributed by atoms with E-state index in [0.717, 1.165) is 57.4 Å². The molecular weight excluding hydrogens is 478 g/mol. The van der Waals surface area contributed by atoms with Gasteiger partial charge in [-0.25, -0.2) is 0 Å². The van der Waals surface area contributed by atoms with Crippen molar-refractivity contribution in [1.29, 1.82) is 0 Å². The van der Waals surface area contributed by atoms with Gasteiger partial charge < -0.3 is 24.4 Å². The number of likely N-dealkylation sites (tertiary alicyclic amines) is 1. The number of rotatable bonds is 9. The Morgan fingerprint density at radius 3 is 2.74 bits per heavy atom. The Kier molecular flexibility index (Phi) is 7.61. The largest absolute Gasteiger partial charge is 0.449 e. The number of fused-ring (bicyclic) bond motifs is 1. The van der Waals surface area contributed by atoms with Crippen molar-refractivity contribution in [3.05, 3.63) is 54.2 Å². The van der Waals surface area contributed by atoms with Gasteiger partial charge >= 0.3 is 0 Å². The van der Waals surface area contributed by atoms with Crippen LogP contribution in [0.1, 0.15) is 43.7 Å². The summed E-state index contributed by atoms with van der Waals surface area (Å²) in [5.41, 5.74) is 2.08. The number of piperidine rings is 1. The number of likely N-dealkylation sites (N-methyl/N-ethyl adjacent to an activating group) is 2. The lowest BCUT2D eigenvalue weighted by Crippen LogP contribution is -2.44. The number of nitrogens with one attached hydrogen (secondary N) is 1. The molecule has 1 saturated heterocycles. The molecule has 0 aromatic carbocycles. The van der Waals surface area contributed by atoms with E-state index in [1.54, 1.807) is 18.5 Å². The van der Waals surface area contributed by atoms with Crippen LogP contribution in [0.2, 0.25) is 0 Å². The number of hydrogen-bond acceptors (Lipinski definition) is 6. The van der Waals surface area contributed by atoms with Crippen molar-refractivity contribution in [1.82, 2.24) is 25.0 Å². The van der Waals surface area contributed by atoms with Crippen molar-refractivity contribution in [2.75, 3.05) is 53.4 Å². The Morgan fingerprint density at radius 2 is 2.03 bits per heavy atom. The third-order valence-corrected chi connectivity index (χ3v) is 9.04. The summed E-state index contributed by atoms with van der Waals surface area (Å²) in [4.78, 5) is 36.7. The van der Waals surface area contributed by atoms with Crippen LogP contribution in [0.4, 0.5) is 0 Å². The molecule has 2 amide bonds. The van der Waals surface area contributed by atoms with Crippen LogP contribution in [0, 0.1) is 23.2 Å². The molecule has 204 valence electrons. The second kappa shape index (κ2) is 10.9. The average molecular weight is 520 g/mol. The van der Waals surface area contributed by atoms with E-state index in [9.17, 15) is 9.59 Å². The van der Waals surface area contributed by atoms with Gasteiger partial charge in [0.1, 0.15) is 0 Å². The third kappa shape index (κ3) is 5.51. The highest BCUT2D eigenvalue weighted by atomic mass is 16.3. The number of aromatic nitrogens is 1. The van der Waals surface area contributed by atoms with Crippen LogP contribution in [0.5, 0.6) is 0 Å². The molecule has 38 heavy (non-hydrogen) atoms. The van der Waals surface area contributed by atoms with E-state index >= 15 is 0 Å². The lowest BCUT2D eigenvalue weighted by Gasteiger charge is -2.36. The first-order valence-corrected chi connectivity index (χ1v) is 14.0. The summed E-state index contributed by atoms with van der Waals surface area (Å²) >= 11 is 0. The van der Waals surface area contributed by atoms with E-state index in [4.69, 9.17) is 4.42 Å². The standard InChI is InChI=1S/C30H41N5O3/c1-5-33(3)14-15-34(4)24-6-7-25(21(2)16-24)29(37)35-12-9-30(10-13-35)18-23(30)19-32-28(36)26-17-22-8-11-31-20-27(22)38-26/h6-8,11,16-17,20-21,23,25H,5,9-10,12-15,18-19H2,1-4H3,(H,32,36). The van der Waals surface area contributed by atoms with Gasteiger partial charge in [-0.1, -0.05) is 26.0 Å². The summed E-state index contributed by atoms with van der Waals surface area (Å²) in [5.74, 6) is 0.961. The Balaban J connectivity index is 1.07. The zero-order valence-electron chi connectivity index (χ0n) is 23.2. The molecule has 3 aliphatic rings. The van der Waals surface area contributed by atoms with Crippen LogP contribution in [-0.4, -0.2) is 84.9 Å². The van der Waals surface area contributed by atoms with E-state index in [2.05, 4.69) is 71.2 Å². The van der Waals surface area contributed by atoms with Gasteiger partial charge in [-0.2, -0.15) is 0 Å². The molecule has 2 aromatic rings. The second-order valence-electron chi connectivity index (χ2n) is 11.5. The normalized spacial score (nSPS) is 24.1. The molecule has 2 fully saturated rings. The molecule has 3 heterocycles. The molecule has 0 radical (unpaired) electrons. The minimum absolute atomic E-state index is 0.0900. The Hall–Kier alpha value is -3.13. The summed E-state index contributed by atoms with van der Waals surface area (Å²) in [6.45, 7) is 9.62. The monoisotopic (exact) mass is 519 g/mol. The average Bonchev–Trinajstić information content (AvgIpc) is 3.40. The quantitative estimate of drug-likeness (QED) is 0.543. The smallest absolute Gasteiger partial charge is 0.287 e. The molecule has 5 rings (SSSR count). The second-order valence-corrected chi connectivity index (χ2v) is 11.5. The molecular formula is C30H41N5O3. The predicted molar refractivity (Wildman–Crippen MR) is 148 cm³/mol. The number of hydrogen-bond donors (Lipinski definition) is 1. The minimum atomic E-state index is -0.176. The summed E-state index contributed by atoms with van der Waals surface area (Å²) in [7, 11) is 4.26. The molecule has 3 unspecified atom stereocenters. The van der Waals surface area contributed by atoms with Gasteiger partial charge in [0, 0.05) is 57.1 Å². The van der Waals surface area contributed by atoms with Crippen LogP contribution in [-0.2, 0) is 4.79 Å². The van der Waals surface area contributed by atoms with Gasteiger partial charge in [0.05, 0.1) is 12.1 Å². The molecule has 1 aliphatic heterocycles. The molecule has 1 N–H and O–H groups in total. The zero-order valence-corrected chi connectivity index (χ0v) is 23.2. The molecule has 8 nitrogen and oxygen atoms in total. The summed E-state index contributed by atoms with van der Waals surface area (Å²) in [5, 5.41) is 3.94. The summed E-state index contributed by atoms with van der Waals surface area (Å²) in [6.07, 6.45) is 12.9. The van der Waals surface area contributed by atoms with E-state index in [-0.39, 0.29) is 29.1 Å². The van der Waals surface area contributed by atoms with E-state index in [1.807, 2.05) is 6.07 Å². The minimum Gasteiger partial charge on any atom is -0.449 e. The lowest BCUT2D eigenvalue weighted by atomic mass is 9.85. The Morgan fingerprint density at radius 1 is 1.24 bits per heavy atom. The van der Waals surface area contributed by atoms with Crippen molar-refractivity contribution in [3.63, 3.8) is 0 Å². The first-order chi connectivity index (χ1) is 18.3. The van der Waals surface area contributed by atoms with Crippen molar-refractivity contribution >= 4 is 22.8 Å². The number of amides is 2. The van der Waals surface area contributed by atoms with Gasteiger partial charge in [0.2, 0.25) is 5.91 Å².